The van der Waals surface area contributed by atoms with Gasteiger partial charge in [0.25, 0.3) is 5.91 Å². The lowest BCUT2D eigenvalue weighted by atomic mass is 10.0. The molecule has 2 aliphatic rings. The van der Waals surface area contributed by atoms with Crippen LogP contribution in [0.4, 0.5) is 0 Å². The maximum Gasteiger partial charge on any atom is 0.254 e. The van der Waals surface area contributed by atoms with Gasteiger partial charge >= 0.3 is 0 Å². The molecule has 0 aromatic heterocycles. The first-order valence-corrected chi connectivity index (χ1v) is 11.7. The van der Waals surface area contributed by atoms with Crippen molar-refractivity contribution in [1.29, 1.82) is 0 Å². The molecule has 0 N–H and O–H groups in total. The third-order valence-electron chi connectivity index (χ3n) is 5.36. The number of thioether (sulfide) groups is 2. The monoisotopic (exact) mass is 415 g/mol. The average Bonchev–Trinajstić information content (AvgIpc) is 3.45. The molecule has 0 aliphatic carbocycles. The van der Waals surface area contributed by atoms with Crippen LogP contribution < -0.4 is 9.47 Å². The summed E-state index contributed by atoms with van der Waals surface area (Å²) in [5.41, 5.74) is 3.11. The van der Waals surface area contributed by atoms with E-state index < -0.39 is 0 Å². The summed E-state index contributed by atoms with van der Waals surface area (Å²) in [5.74, 6) is 4.03. The number of nitrogens with zero attached hydrogens (tertiary/aromatic N) is 1. The quantitative estimate of drug-likeness (QED) is 0.674. The van der Waals surface area contributed by atoms with Crippen LogP contribution in [0.5, 0.6) is 11.5 Å². The van der Waals surface area contributed by atoms with Crippen LogP contribution >= 0.6 is 23.5 Å². The van der Waals surface area contributed by atoms with E-state index in [4.69, 9.17) is 9.47 Å². The molecular weight excluding hydrogens is 390 g/mol. The van der Waals surface area contributed by atoms with Crippen LogP contribution in [0.1, 0.15) is 45.0 Å². The number of benzene rings is 2. The molecule has 2 aliphatic heterocycles. The first kappa shape index (κ1) is 19.5. The van der Waals surface area contributed by atoms with Crippen molar-refractivity contribution in [2.45, 2.75) is 23.5 Å². The molecule has 2 fully saturated rings. The molecule has 6 heteroatoms. The summed E-state index contributed by atoms with van der Waals surface area (Å²) in [4.78, 5) is 15.2. The summed E-state index contributed by atoms with van der Waals surface area (Å²) >= 11 is 3.97. The molecule has 0 spiro atoms. The van der Waals surface area contributed by atoms with Crippen LogP contribution in [-0.4, -0.2) is 43.1 Å². The normalized spacial score (nSPS) is 19.8. The van der Waals surface area contributed by atoms with Gasteiger partial charge in [0.15, 0.2) is 0 Å². The van der Waals surface area contributed by atoms with Crippen molar-refractivity contribution in [3.05, 3.63) is 59.2 Å². The van der Waals surface area contributed by atoms with Gasteiger partial charge in [-0.25, -0.2) is 0 Å². The smallest absolute Gasteiger partial charge is 0.254 e. The second-order valence-corrected chi connectivity index (χ2v) is 9.68. The van der Waals surface area contributed by atoms with E-state index in [-0.39, 0.29) is 11.9 Å². The van der Waals surface area contributed by atoms with Gasteiger partial charge in [0.05, 0.1) is 24.8 Å². The van der Waals surface area contributed by atoms with Crippen molar-refractivity contribution in [2.24, 2.45) is 0 Å². The maximum absolute atomic E-state index is 13.2. The van der Waals surface area contributed by atoms with Crippen molar-refractivity contribution in [3.8, 4) is 11.5 Å². The summed E-state index contributed by atoms with van der Waals surface area (Å²) in [5, 5.41) is 0. The van der Waals surface area contributed by atoms with Crippen molar-refractivity contribution < 1.29 is 14.3 Å². The fourth-order valence-corrected chi connectivity index (χ4v) is 6.79. The lowest BCUT2D eigenvalue weighted by molar-refractivity contribution is 0.0734. The Bertz CT molecular complexity index is 834. The van der Waals surface area contributed by atoms with E-state index in [2.05, 4.69) is 12.1 Å². The van der Waals surface area contributed by atoms with E-state index in [0.29, 0.717) is 4.58 Å². The Hall–Kier alpha value is -1.79. The Morgan fingerprint density at radius 1 is 1.04 bits per heavy atom. The Morgan fingerprint density at radius 2 is 1.79 bits per heavy atom. The molecule has 4 nitrogen and oxygen atoms in total. The summed E-state index contributed by atoms with van der Waals surface area (Å²) in [6, 6.07) is 14.1. The maximum atomic E-state index is 13.2. The first-order valence-electron chi connectivity index (χ1n) is 9.57. The van der Waals surface area contributed by atoms with E-state index in [1.54, 1.807) is 14.2 Å². The van der Waals surface area contributed by atoms with Crippen molar-refractivity contribution >= 4 is 29.4 Å². The number of ether oxygens (including phenoxy) is 2. The van der Waals surface area contributed by atoms with Crippen molar-refractivity contribution in [1.82, 2.24) is 4.90 Å². The number of carbonyl (C=O) groups excluding carboxylic acids is 1. The van der Waals surface area contributed by atoms with Gasteiger partial charge in [-0.05, 0) is 42.7 Å². The molecule has 4 rings (SSSR count). The van der Waals surface area contributed by atoms with Gasteiger partial charge in [0.1, 0.15) is 11.5 Å². The van der Waals surface area contributed by atoms with Gasteiger partial charge in [-0.1, -0.05) is 12.1 Å². The Kier molecular flexibility index (Phi) is 6.07. The molecular formula is C22H25NO3S2. The van der Waals surface area contributed by atoms with Crippen LogP contribution in [0.15, 0.2) is 42.5 Å². The molecule has 1 atom stereocenters. The lowest BCUT2D eigenvalue weighted by Crippen LogP contribution is -2.30. The topological polar surface area (TPSA) is 38.8 Å². The molecule has 28 heavy (non-hydrogen) atoms. The van der Waals surface area contributed by atoms with Crippen LogP contribution in [-0.2, 0) is 0 Å². The second kappa shape index (κ2) is 8.70. The van der Waals surface area contributed by atoms with Crippen molar-refractivity contribution in [3.63, 3.8) is 0 Å². The Morgan fingerprint density at radius 3 is 2.46 bits per heavy atom. The van der Waals surface area contributed by atoms with Gasteiger partial charge in [-0.2, -0.15) is 0 Å². The molecule has 2 saturated heterocycles. The summed E-state index contributed by atoms with van der Waals surface area (Å²) in [7, 11) is 3.31. The minimum Gasteiger partial charge on any atom is -0.497 e. The Balaban J connectivity index is 1.55. The van der Waals surface area contributed by atoms with Crippen LogP contribution in [0.2, 0.25) is 0 Å². The van der Waals surface area contributed by atoms with Crippen LogP contribution in [0.25, 0.3) is 0 Å². The molecule has 0 radical (unpaired) electrons. The standard InChI is InChI=1S/C22H25NO3S2/c1-25-17-9-10-18(20(14-17)26-2)19-4-3-11-23(19)21(24)15-5-7-16(8-6-15)22-27-12-13-28-22/h5-10,14,19,22H,3-4,11-13H2,1-2H3. The van der Waals surface area contributed by atoms with Gasteiger partial charge in [-0.3, -0.25) is 4.79 Å². The number of carbonyl (C=O) groups is 1. The highest BCUT2D eigenvalue weighted by Crippen LogP contribution is 2.45. The minimum atomic E-state index is 0.0361. The molecule has 1 unspecified atom stereocenters. The van der Waals surface area contributed by atoms with E-state index in [9.17, 15) is 4.79 Å². The first-order chi connectivity index (χ1) is 13.7. The van der Waals surface area contributed by atoms with Gasteiger partial charge in [0.2, 0.25) is 0 Å². The van der Waals surface area contributed by atoms with Gasteiger partial charge in [-0.15, -0.1) is 23.5 Å². The van der Waals surface area contributed by atoms with Gasteiger partial charge in [0, 0.05) is 35.2 Å². The molecule has 2 aromatic rings. The lowest BCUT2D eigenvalue weighted by Gasteiger charge is -2.27. The van der Waals surface area contributed by atoms with E-state index in [1.807, 2.05) is 58.8 Å². The van der Waals surface area contributed by atoms with E-state index in [0.717, 1.165) is 42.0 Å². The predicted octanol–water partition coefficient (Wildman–Crippen LogP) is 5.16. The zero-order chi connectivity index (χ0) is 19.5. The number of methoxy groups -OCH3 is 2. The summed E-state index contributed by atoms with van der Waals surface area (Å²) < 4.78 is 11.4. The molecule has 1 amide bonds. The molecule has 0 bridgehead atoms. The molecule has 2 heterocycles. The predicted molar refractivity (Wildman–Crippen MR) is 117 cm³/mol. The number of hydrogen-bond donors (Lipinski definition) is 0. The molecule has 148 valence electrons. The average molecular weight is 416 g/mol. The molecule has 2 aromatic carbocycles. The third kappa shape index (κ3) is 3.85. The zero-order valence-corrected chi connectivity index (χ0v) is 17.9. The Labute approximate surface area is 175 Å². The number of hydrogen-bond acceptors (Lipinski definition) is 5. The zero-order valence-electron chi connectivity index (χ0n) is 16.2. The summed E-state index contributed by atoms with van der Waals surface area (Å²) in [6.07, 6.45) is 1.95. The van der Waals surface area contributed by atoms with E-state index in [1.165, 1.54) is 17.1 Å². The second-order valence-electron chi connectivity index (χ2n) is 6.96. The summed E-state index contributed by atoms with van der Waals surface area (Å²) in [6.45, 7) is 0.773. The highest BCUT2D eigenvalue weighted by Gasteiger charge is 2.32. The van der Waals surface area contributed by atoms with Gasteiger partial charge < -0.3 is 14.4 Å². The van der Waals surface area contributed by atoms with Crippen LogP contribution in [0.3, 0.4) is 0 Å². The molecule has 0 saturated carbocycles. The number of amides is 1. The van der Waals surface area contributed by atoms with Crippen molar-refractivity contribution in [2.75, 3.05) is 32.3 Å². The largest absolute Gasteiger partial charge is 0.497 e. The van der Waals surface area contributed by atoms with E-state index >= 15 is 0 Å². The SMILES string of the molecule is COc1ccc(C2CCCN2C(=O)c2ccc(C3SCCS3)cc2)c(OC)c1. The third-order valence-corrected chi connectivity index (χ3v) is 8.47. The highest BCUT2D eigenvalue weighted by molar-refractivity contribution is 8.19. The minimum absolute atomic E-state index is 0.0361. The fourth-order valence-electron chi connectivity index (χ4n) is 3.93. The fraction of sp³-hybridized carbons (Fsp3) is 0.409. The number of rotatable bonds is 5. The number of likely N-dealkylation sites (tertiary alicyclic amines) is 1. The van der Waals surface area contributed by atoms with Crippen LogP contribution in [0, 0.1) is 0 Å². The highest BCUT2D eigenvalue weighted by atomic mass is 32.2.